The van der Waals surface area contributed by atoms with Crippen molar-refractivity contribution >= 4 is 35.5 Å². The molecule has 5 amide bonds. The van der Waals surface area contributed by atoms with Gasteiger partial charge in [-0.2, -0.15) is 0 Å². The van der Waals surface area contributed by atoms with E-state index in [2.05, 4.69) is 10.6 Å². The Hall–Kier alpha value is -3.26. The summed E-state index contributed by atoms with van der Waals surface area (Å²) in [4.78, 5) is 70.5. The molecule has 0 saturated carbocycles. The van der Waals surface area contributed by atoms with Gasteiger partial charge >= 0.3 is 5.97 Å². The van der Waals surface area contributed by atoms with Crippen molar-refractivity contribution in [2.24, 2.45) is 23.1 Å². The summed E-state index contributed by atoms with van der Waals surface area (Å²) in [5.41, 5.74) is 15.8. The predicted molar refractivity (Wildman–Crippen MR) is 110 cm³/mol. The average Bonchev–Trinajstić information content (AvgIpc) is 2.71. The lowest BCUT2D eigenvalue weighted by atomic mass is 9.99. The SMILES string of the molecule is CCC(C)C(N)C(=O)NC(CO)C(=O)NC(CCC(N)=O)C(=O)NC(CC(N)=O)C(=O)O. The minimum Gasteiger partial charge on any atom is -0.480 e. The standard InChI is InChI=1S/C18H32N6O8/c1-3-8(2)14(21)17(30)24-11(7-25)16(29)22-9(4-5-12(19)26)15(28)23-10(18(31)32)6-13(20)27/h8-11,14,25H,3-7,21H2,1-2H3,(H2,19,26)(H2,20,27)(H,22,29)(H,23,28)(H,24,30)(H,31,32). The van der Waals surface area contributed by atoms with Crippen LogP contribution in [0.15, 0.2) is 0 Å². The highest BCUT2D eigenvalue weighted by Crippen LogP contribution is 2.06. The molecule has 0 heterocycles. The fourth-order valence-electron chi connectivity index (χ4n) is 2.48. The molecular weight excluding hydrogens is 428 g/mol. The number of aliphatic hydroxyl groups excluding tert-OH is 1. The van der Waals surface area contributed by atoms with Crippen molar-refractivity contribution < 1.29 is 39.0 Å². The number of amides is 5. The molecule has 0 fully saturated rings. The number of aliphatic hydroxyl groups is 1. The molecular formula is C18H32N6O8. The Bertz CT molecular complexity index is 716. The number of primary amides is 2. The summed E-state index contributed by atoms with van der Waals surface area (Å²) in [5, 5.41) is 25.1. The van der Waals surface area contributed by atoms with Crippen LogP contribution in [0, 0.1) is 5.92 Å². The Morgan fingerprint density at radius 1 is 0.844 bits per heavy atom. The maximum absolute atomic E-state index is 12.5. The molecule has 0 saturated heterocycles. The predicted octanol–water partition coefficient (Wildman–Crippen LogP) is -3.97. The molecule has 0 aliphatic carbocycles. The summed E-state index contributed by atoms with van der Waals surface area (Å²) in [6, 6.07) is -5.54. The van der Waals surface area contributed by atoms with Crippen LogP contribution < -0.4 is 33.2 Å². The monoisotopic (exact) mass is 460 g/mol. The Balaban J connectivity index is 5.39. The van der Waals surface area contributed by atoms with Crippen LogP contribution in [0.1, 0.15) is 39.5 Å². The lowest BCUT2D eigenvalue weighted by molar-refractivity contribution is -0.144. The number of aliphatic carboxylic acids is 1. The summed E-state index contributed by atoms with van der Waals surface area (Å²) < 4.78 is 0. The minimum atomic E-state index is -1.67. The average molecular weight is 460 g/mol. The van der Waals surface area contributed by atoms with Crippen LogP contribution in [0.2, 0.25) is 0 Å². The van der Waals surface area contributed by atoms with Gasteiger partial charge in [0, 0.05) is 6.42 Å². The highest BCUT2D eigenvalue weighted by atomic mass is 16.4. The van der Waals surface area contributed by atoms with Crippen LogP contribution in [0.3, 0.4) is 0 Å². The topological polar surface area (TPSA) is 257 Å². The molecule has 0 aliphatic rings. The molecule has 14 heteroatoms. The molecule has 5 unspecified atom stereocenters. The first-order chi connectivity index (χ1) is 14.8. The molecule has 32 heavy (non-hydrogen) atoms. The molecule has 182 valence electrons. The molecule has 5 atom stereocenters. The summed E-state index contributed by atoms with van der Waals surface area (Å²) in [7, 11) is 0. The Labute approximate surface area is 184 Å². The fourth-order valence-corrected chi connectivity index (χ4v) is 2.48. The number of carboxylic acid groups (broad SMARTS) is 1. The first kappa shape index (κ1) is 28.7. The first-order valence-corrected chi connectivity index (χ1v) is 9.90. The fraction of sp³-hybridized carbons (Fsp3) is 0.667. The molecule has 0 aromatic rings. The molecule has 14 nitrogen and oxygen atoms in total. The van der Waals surface area contributed by atoms with E-state index in [9.17, 15) is 33.9 Å². The van der Waals surface area contributed by atoms with Gasteiger partial charge in [0.05, 0.1) is 19.1 Å². The van der Waals surface area contributed by atoms with Crippen molar-refractivity contribution in [3.8, 4) is 0 Å². The van der Waals surface area contributed by atoms with E-state index in [-0.39, 0.29) is 18.8 Å². The number of hydrogen-bond acceptors (Lipinski definition) is 8. The van der Waals surface area contributed by atoms with E-state index in [0.29, 0.717) is 6.42 Å². The third kappa shape index (κ3) is 10.2. The maximum Gasteiger partial charge on any atom is 0.326 e. The zero-order valence-electron chi connectivity index (χ0n) is 18.0. The molecule has 0 aromatic heterocycles. The van der Waals surface area contributed by atoms with Crippen LogP contribution in [-0.2, 0) is 28.8 Å². The van der Waals surface area contributed by atoms with E-state index in [1.807, 2.05) is 12.2 Å². The van der Waals surface area contributed by atoms with Crippen LogP contribution in [-0.4, -0.2) is 76.5 Å². The van der Waals surface area contributed by atoms with Gasteiger partial charge in [-0.05, 0) is 12.3 Å². The molecule has 0 radical (unpaired) electrons. The maximum atomic E-state index is 12.5. The third-order valence-corrected chi connectivity index (χ3v) is 4.71. The Morgan fingerprint density at radius 3 is 1.78 bits per heavy atom. The first-order valence-electron chi connectivity index (χ1n) is 9.90. The van der Waals surface area contributed by atoms with E-state index >= 15 is 0 Å². The van der Waals surface area contributed by atoms with Gasteiger partial charge in [-0.25, -0.2) is 4.79 Å². The van der Waals surface area contributed by atoms with E-state index in [1.165, 1.54) is 0 Å². The van der Waals surface area contributed by atoms with Crippen LogP contribution >= 0.6 is 0 Å². The summed E-state index contributed by atoms with van der Waals surface area (Å²) in [6.07, 6.45) is -0.772. The lowest BCUT2D eigenvalue weighted by Gasteiger charge is -2.25. The zero-order valence-corrected chi connectivity index (χ0v) is 18.0. The van der Waals surface area contributed by atoms with Crippen molar-refractivity contribution in [2.75, 3.05) is 6.61 Å². The number of carbonyl (C=O) groups excluding carboxylic acids is 5. The quantitative estimate of drug-likeness (QED) is 0.118. The summed E-state index contributed by atoms with van der Waals surface area (Å²) >= 11 is 0. The van der Waals surface area contributed by atoms with E-state index in [1.54, 1.807) is 6.92 Å². The lowest BCUT2D eigenvalue weighted by Crippen LogP contribution is -2.58. The Morgan fingerprint density at radius 2 is 1.34 bits per heavy atom. The van der Waals surface area contributed by atoms with Crippen molar-refractivity contribution in [3.05, 3.63) is 0 Å². The van der Waals surface area contributed by atoms with Crippen molar-refractivity contribution in [1.82, 2.24) is 16.0 Å². The van der Waals surface area contributed by atoms with Gasteiger partial charge in [0.25, 0.3) is 0 Å². The highest BCUT2D eigenvalue weighted by Gasteiger charge is 2.31. The second-order valence-corrected chi connectivity index (χ2v) is 7.29. The summed E-state index contributed by atoms with van der Waals surface area (Å²) in [5.74, 6) is -6.25. The van der Waals surface area contributed by atoms with Crippen molar-refractivity contribution in [3.63, 3.8) is 0 Å². The number of nitrogens with one attached hydrogen (secondary N) is 3. The third-order valence-electron chi connectivity index (χ3n) is 4.71. The number of nitrogens with two attached hydrogens (primary N) is 3. The molecule has 0 rings (SSSR count). The van der Waals surface area contributed by atoms with E-state index in [0.717, 1.165) is 0 Å². The number of carbonyl (C=O) groups is 6. The normalized spacial score (nSPS) is 15.4. The van der Waals surface area contributed by atoms with Gasteiger partial charge in [0.1, 0.15) is 18.1 Å². The molecule has 0 aromatic carbocycles. The van der Waals surface area contributed by atoms with Gasteiger partial charge in [-0.1, -0.05) is 20.3 Å². The van der Waals surface area contributed by atoms with Gasteiger partial charge in [0.15, 0.2) is 0 Å². The second-order valence-electron chi connectivity index (χ2n) is 7.29. The smallest absolute Gasteiger partial charge is 0.326 e. The summed E-state index contributed by atoms with van der Waals surface area (Å²) in [6.45, 7) is 2.72. The molecule has 0 aliphatic heterocycles. The van der Waals surface area contributed by atoms with E-state index < -0.39 is 72.7 Å². The zero-order chi connectivity index (χ0) is 25.0. The van der Waals surface area contributed by atoms with Crippen LogP contribution in [0.4, 0.5) is 0 Å². The van der Waals surface area contributed by atoms with Gasteiger partial charge < -0.3 is 43.4 Å². The number of carboxylic acids is 1. The van der Waals surface area contributed by atoms with Gasteiger partial charge in [0.2, 0.25) is 29.5 Å². The second kappa shape index (κ2) is 13.9. The van der Waals surface area contributed by atoms with Gasteiger partial charge in [-0.15, -0.1) is 0 Å². The molecule has 11 N–H and O–H groups in total. The van der Waals surface area contributed by atoms with E-state index in [4.69, 9.17) is 22.3 Å². The Kier molecular flexibility index (Phi) is 12.5. The minimum absolute atomic E-state index is 0.204. The number of rotatable bonds is 15. The van der Waals surface area contributed by atoms with Crippen LogP contribution in [0.25, 0.3) is 0 Å². The van der Waals surface area contributed by atoms with Crippen LogP contribution in [0.5, 0.6) is 0 Å². The largest absolute Gasteiger partial charge is 0.480 e. The number of hydrogen-bond donors (Lipinski definition) is 8. The molecule has 0 spiro atoms. The van der Waals surface area contributed by atoms with Gasteiger partial charge in [-0.3, -0.25) is 24.0 Å². The van der Waals surface area contributed by atoms with Crippen molar-refractivity contribution in [2.45, 2.75) is 63.7 Å². The molecule has 0 bridgehead atoms. The van der Waals surface area contributed by atoms with Crippen molar-refractivity contribution in [1.29, 1.82) is 0 Å². The highest BCUT2D eigenvalue weighted by molar-refractivity contribution is 5.95.